The van der Waals surface area contributed by atoms with E-state index in [-0.39, 0.29) is 0 Å². The summed E-state index contributed by atoms with van der Waals surface area (Å²) >= 11 is 0. The van der Waals surface area contributed by atoms with E-state index in [1.807, 2.05) is 17.1 Å². The Balaban J connectivity index is 1.41. The lowest BCUT2D eigenvalue weighted by molar-refractivity contribution is 0.0333. The summed E-state index contributed by atoms with van der Waals surface area (Å²) in [5.74, 6) is 0. The van der Waals surface area contributed by atoms with Crippen molar-refractivity contribution in [3.05, 3.63) is 84.4 Å². The summed E-state index contributed by atoms with van der Waals surface area (Å²) < 4.78 is 7.51. The van der Waals surface area contributed by atoms with Crippen molar-refractivity contribution < 1.29 is 4.74 Å². The topological polar surface area (TPSA) is 42.3 Å². The molecule has 1 aromatic heterocycles. The fourth-order valence-corrected chi connectivity index (χ4v) is 3.45. The van der Waals surface area contributed by atoms with Crippen molar-refractivity contribution in [1.82, 2.24) is 19.8 Å². The number of hydrogen-bond acceptors (Lipinski definition) is 4. The van der Waals surface area contributed by atoms with Crippen LogP contribution in [-0.2, 0) is 11.3 Å². The fourth-order valence-electron chi connectivity index (χ4n) is 3.45. The van der Waals surface area contributed by atoms with Crippen molar-refractivity contribution in [3.8, 4) is 5.69 Å². The van der Waals surface area contributed by atoms with E-state index in [1.165, 1.54) is 11.1 Å². The van der Waals surface area contributed by atoms with Crippen LogP contribution in [0.15, 0.2) is 73.3 Å². The maximum Gasteiger partial charge on any atom is 0.0991 e. The second-order valence-corrected chi connectivity index (χ2v) is 6.89. The van der Waals surface area contributed by atoms with Gasteiger partial charge in [0, 0.05) is 50.3 Å². The molecular weight excluding hydrogens is 336 g/mol. The molecule has 1 unspecified atom stereocenters. The summed E-state index contributed by atoms with van der Waals surface area (Å²) in [5.41, 5.74) is 3.74. The zero-order chi connectivity index (χ0) is 18.3. The molecule has 1 N–H and O–H groups in total. The Morgan fingerprint density at radius 1 is 1.00 bits per heavy atom. The minimum atomic E-state index is 0.303. The standard InChI is InChI=1S/C22H26N4O/c1-2-4-20(5-3-1)22(17-25-12-14-27-15-13-25)24-16-19-6-8-21(9-7-19)26-11-10-23-18-26/h1-11,18,22,24H,12-17H2. The number of imidazole rings is 1. The van der Waals surface area contributed by atoms with Crippen LogP contribution in [0.25, 0.3) is 5.69 Å². The average molecular weight is 362 g/mol. The SMILES string of the molecule is c1ccc(C(CN2CCOCC2)NCc2ccc(-n3ccnc3)cc2)cc1. The van der Waals surface area contributed by atoms with Crippen molar-refractivity contribution >= 4 is 0 Å². The van der Waals surface area contributed by atoms with Crippen LogP contribution in [0.4, 0.5) is 0 Å². The van der Waals surface area contributed by atoms with Gasteiger partial charge < -0.3 is 14.6 Å². The molecule has 0 bridgehead atoms. The second kappa shape index (κ2) is 8.95. The molecule has 0 aliphatic carbocycles. The Morgan fingerprint density at radius 2 is 1.78 bits per heavy atom. The smallest absolute Gasteiger partial charge is 0.0991 e. The number of benzene rings is 2. The summed E-state index contributed by atoms with van der Waals surface area (Å²) in [7, 11) is 0. The summed E-state index contributed by atoms with van der Waals surface area (Å²) in [4.78, 5) is 6.59. The molecule has 27 heavy (non-hydrogen) atoms. The first-order valence-corrected chi connectivity index (χ1v) is 9.54. The highest BCUT2D eigenvalue weighted by Gasteiger charge is 2.18. The molecule has 0 saturated carbocycles. The monoisotopic (exact) mass is 362 g/mol. The van der Waals surface area contributed by atoms with Crippen molar-refractivity contribution in [2.45, 2.75) is 12.6 Å². The van der Waals surface area contributed by atoms with Gasteiger partial charge in [-0.3, -0.25) is 4.90 Å². The highest BCUT2D eigenvalue weighted by molar-refractivity contribution is 5.34. The van der Waals surface area contributed by atoms with Gasteiger partial charge in [0.1, 0.15) is 0 Å². The predicted molar refractivity (Wildman–Crippen MR) is 107 cm³/mol. The third-order valence-electron chi connectivity index (χ3n) is 5.04. The van der Waals surface area contributed by atoms with Crippen LogP contribution in [0, 0.1) is 0 Å². The molecule has 1 saturated heterocycles. The Hall–Kier alpha value is -2.47. The van der Waals surface area contributed by atoms with E-state index in [9.17, 15) is 0 Å². The Labute approximate surface area is 160 Å². The second-order valence-electron chi connectivity index (χ2n) is 6.89. The molecule has 0 amide bonds. The van der Waals surface area contributed by atoms with Crippen molar-refractivity contribution in [2.75, 3.05) is 32.8 Å². The van der Waals surface area contributed by atoms with E-state index < -0.39 is 0 Å². The van der Waals surface area contributed by atoms with Crippen LogP contribution in [0.1, 0.15) is 17.2 Å². The zero-order valence-corrected chi connectivity index (χ0v) is 15.5. The summed E-state index contributed by atoms with van der Waals surface area (Å²) in [6.07, 6.45) is 5.58. The minimum absolute atomic E-state index is 0.303. The third kappa shape index (κ3) is 4.83. The van der Waals surface area contributed by atoms with Crippen molar-refractivity contribution in [1.29, 1.82) is 0 Å². The predicted octanol–water partition coefficient (Wildman–Crippen LogP) is 3.04. The maximum absolute atomic E-state index is 5.49. The van der Waals surface area contributed by atoms with Gasteiger partial charge in [0.05, 0.1) is 19.5 Å². The maximum atomic E-state index is 5.49. The van der Waals surface area contributed by atoms with Gasteiger partial charge in [-0.25, -0.2) is 4.98 Å². The summed E-state index contributed by atoms with van der Waals surface area (Å²) in [6.45, 7) is 5.51. The van der Waals surface area contributed by atoms with Gasteiger partial charge in [0.2, 0.25) is 0 Å². The molecule has 5 nitrogen and oxygen atoms in total. The average Bonchev–Trinajstić information content (AvgIpc) is 3.28. The van der Waals surface area contributed by atoms with Gasteiger partial charge in [-0.1, -0.05) is 42.5 Å². The lowest BCUT2D eigenvalue weighted by Crippen LogP contribution is -2.41. The van der Waals surface area contributed by atoms with Crippen LogP contribution in [0.2, 0.25) is 0 Å². The Bertz CT molecular complexity index is 796. The molecule has 4 rings (SSSR count). The molecule has 1 aliphatic rings. The van der Waals surface area contributed by atoms with Gasteiger partial charge in [-0.15, -0.1) is 0 Å². The molecule has 0 radical (unpaired) electrons. The van der Waals surface area contributed by atoms with E-state index in [0.717, 1.165) is 45.1 Å². The highest BCUT2D eigenvalue weighted by Crippen LogP contribution is 2.17. The van der Waals surface area contributed by atoms with Crippen molar-refractivity contribution in [2.24, 2.45) is 0 Å². The summed E-state index contributed by atoms with van der Waals surface area (Å²) in [5, 5.41) is 3.75. The molecule has 140 valence electrons. The molecule has 5 heteroatoms. The van der Waals surface area contributed by atoms with E-state index in [1.54, 1.807) is 6.20 Å². The van der Waals surface area contributed by atoms with Crippen LogP contribution in [-0.4, -0.2) is 47.3 Å². The quantitative estimate of drug-likeness (QED) is 0.702. The fraction of sp³-hybridized carbons (Fsp3) is 0.318. The number of nitrogens with one attached hydrogen (secondary N) is 1. The molecule has 1 fully saturated rings. The highest BCUT2D eigenvalue weighted by atomic mass is 16.5. The number of morpholine rings is 1. The van der Waals surface area contributed by atoms with E-state index in [4.69, 9.17) is 4.74 Å². The largest absolute Gasteiger partial charge is 0.379 e. The molecule has 3 aromatic rings. The third-order valence-corrected chi connectivity index (χ3v) is 5.04. The summed E-state index contributed by atoms with van der Waals surface area (Å²) in [6, 6.07) is 19.7. The van der Waals surface area contributed by atoms with E-state index in [2.05, 4.69) is 69.8 Å². The number of aromatic nitrogens is 2. The van der Waals surface area contributed by atoms with Gasteiger partial charge in [0.25, 0.3) is 0 Å². The first-order chi connectivity index (χ1) is 13.4. The van der Waals surface area contributed by atoms with Gasteiger partial charge in [-0.05, 0) is 23.3 Å². The van der Waals surface area contributed by atoms with Crippen LogP contribution >= 0.6 is 0 Å². The molecule has 1 aliphatic heterocycles. The molecule has 0 spiro atoms. The number of ether oxygens (including phenoxy) is 1. The number of rotatable bonds is 7. The number of nitrogens with zero attached hydrogens (tertiary/aromatic N) is 3. The number of hydrogen-bond donors (Lipinski definition) is 1. The Morgan fingerprint density at radius 3 is 2.48 bits per heavy atom. The normalized spacial score (nSPS) is 16.3. The molecule has 2 heterocycles. The zero-order valence-electron chi connectivity index (χ0n) is 15.5. The van der Waals surface area contributed by atoms with Gasteiger partial charge in [-0.2, -0.15) is 0 Å². The van der Waals surface area contributed by atoms with E-state index >= 15 is 0 Å². The molecular formula is C22H26N4O. The first kappa shape index (κ1) is 17.9. The van der Waals surface area contributed by atoms with Gasteiger partial charge >= 0.3 is 0 Å². The Kier molecular flexibility index (Phi) is 5.94. The first-order valence-electron chi connectivity index (χ1n) is 9.54. The lowest BCUT2D eigenvalue weighted by Gasteiger charge is -2.31. The lowest BCUT2D eigenvalue weighted by atomic mass is 10.1. The van der Waals surface area contributed by atoms with Gasteiger partial charge in [0.15, 0.2) is 0 Å². The van der Waals surface area contributed by atoms with Crippen LogP contribution in [0.5, 0.6) is 0 Å². The van der Waals surface area contributed by atoms with Crippen molar-refractivity contribution in [3.63, 3.8) is 0 Å². The van der Waals surface area contributed by atoms with Crippen LogP contribution in [0.3, 0.4) is 0 Å². The minimum Gasteiger partial charge on any atom is -0.379 e. The van der Waals surface area contributed by atoms with Crippen LogP contribution < -0.4 is 5.32 Å². The van der Waals surface area contributed by atoms with E-state index in [0.29, 0.717) is 6.04 Å². The molecule has 2 aromatic carbocycles. The molecule has 1 atom stereocenters.